The Morgan fingerprint density at radius 1 is 1.44 bits per heavy atom. The van der Waals surface area contributed by atoms with E-state index in [-0.39, 0.29) is 5.82 Å². The average molecular weight is 284 g/mol. The SMILES string of the molecule is Fc1cc2occ(CNC3CC3)c2cc1Br. The lowest BCUT2D eigenvalue weighted by Crippen LogP contribution is -2.14. The smallest absolute Gasteiger partial charge is 0.141 e. The molecule has 2 nitrogen and oxygen atoms in total. The molecular weight excluding hydrogens is 273 g/mol. The average Bonchev–Trinajstić information content (AvgIpc) is 3.01. The summed E-state index contributed by atoms with van der Waals surface area (Å²) < 4.78 is 19.1. The number of hydrogen-bond acceptors (Lipinski definition) is 2. The number of nitrogens with one attached hydrogen (secondary N) is 1. The summed E-state index contributed by atoms with van der Waals surface area (Å²) >= 11 is 3.19. The zero-order valence-electron chi connectivity index (χ0n) is 8.59. The minimum atomic E-state index is -0.288. The van der Waals surface area contributed by atoms with Gasteiger partial charge in [0.15, 0.2) is 0 Å². The summed E-state index contributed by atoms with van der Waals surface area (Å²) in [7, 11) is 0. The van der Waals surface area contributed by atoms with Crippen LogP contribution in [0.5, 0.6) is 0 Å². The van der Waals surface area contributed by atoms with E-state index in [1.54, 1.807) is 12.3 Å². The van der Waals surface area contributed by atoms with E-state index in [0.717, 1.165) is 17.5 Å². The Morgan fingerprint density at radius 2 is 2.25 bits per heavy atom. The van der Waals surface area contributed by atoms with Crippen molar-refractivity contribution in [2.24, 2.45) is 0 Å². The van der Waals surface area contributed by atoms with Crippen LogP contribution in [-0.2, 0) is 6.54 Å². The van der Waals surface area contributed by atoms with E-state index in [2.05, 4.69) is 21.2 Å². The van der Waals surface area contributed by atoms with Crippen molar-refractivity contribution in [1.82, 2.24) is 5.32 Å². The highest BCUT2D eigenvalue weighted by Crippen LogP contribution is 2.28. The number of hydrogen-bond donors (Lipinski definition) is 1. The van der Waals surface area contributed by atoms with Crippen molar-refractivity contribution < 1.29 is 8.81 Å². The molecule has 1 saturated carbocycles. The van der Waals surface area contributed by atoms with Gasteiger partial charge in [-0.15, -0.1) is 0 Å². The molecule has 0 radical (unpaired) electrons. The summed E-state index contributed by atoms with van der Waals surface area (Å²) in [5.41, 5.74) is 1.69. The van der Waals surface area contributed by atoms with E-state index < -0.39 is 0 Å². The second kappa shape index (κ2) is 3.86. The van der Waals surface area contributed by atoms with E-state index >= 15 is 0 Å². The van der Waals surface area contributed by atoms with Crippen LogP contribution in [0.2, 0.25) is 0 Å². The van der Waals surface area contributed by atoms with Gasteiger partial charge in [0.2, 0.25) is 0 Å². The first-order valence-electron chi connectivity index (χ1n) is 5.32. The molecule has 1 aliphatic carbocycles. The van der Waals surface area contributed by atoms with Crippen molar-refractivity contribution in [3.63, 3.8) is 0 Å². The molecule has 0 aliphatic heterocycles. The summed E-state index contributed by atoms with van der Waals surface area (Å²) in [6.45, 7) is 0.787. The molecule has 84 valence electrons. The van der Waals surface area contributed by atoms with Crippen LogP contribution >= 0.6 is 15.9 Å². The van der Waals surface area contributed by atoms with Crippen molar-refractivity contribution in [2.75, 3.05) is 0 Å². The summed E-state index contributed by atoms with van der Waals surface area (Å²) in [6, 6.07) is 3.85. The van der Waals surface area contributed by atoms with Gasteiger partial charge in [0, 0.05) is 29.6 Å². The molecule has 1 aliphatic rings. The highest BCUT2D eigenvalue weighted by molar-refractivity contribution is 9.10. The molecule has 0 saturated heterocycles. The molecule has 1 aromatic carbocycles. The van der Waals surface area contributed by atoms with Gasteiger partial charge < -0.3 is 9.73 Å². The van der Waals surface area contributed by atoms with Gasteiger partial charge in [0.1, 0.15) is 11.4 Å². The Labute approximate surface area is 101 Å². The Kier molecular flexibility index (Phi) is 2.48. The summed E-state index contributed by atoms with van der Waals surface area (Å²) in [5.74, 6) is -0.288. The second-order valence-corrected chi connectivity index (χ2v) is 5.03. The second-order valence-electron chi connectivity index (χ2n) is 4.18. The molecule has 1 aromatic heterocycles. The molecule has 0 unspecified atom stereocenters. The lowest BCUT2D eigenvalue weighted by atomic mass is 10.2. The quantitative estimate of drug-likeness (QED) is 0.931. The van der Waals surface area contributed by atoms with Crippen molar-refractivity contribution in [2.45, 2.75) is 25.4 Å². The molecule has 2 aromatic rings. The van der Waals surface area contributed by atoms with E-state index in [1.165, 1.54) is 18.9 Å². The molecule has 1 heterocycles. The van der Waals surface area contributed by atoms with Crippen LogP contribution in [0, 0.1) is 5.82 Å². The molecule has 0 spiro atoms. The molecule has 1 N–H and O–H groups in total. The Morgan fingerprint density at radius 3 is 3.00 bits per heavy atom. The van der Waals surface area contributed by atoms with Gasteiger partial charge >= 0.3 is 0 Å². The maximum Gasteiger partial charge on any atom is 0.141 e. The predicted octanol–water partition coefficient (Wildman–Crippen LogP) is 3.59. The maximum atomic E-state index is 13.3. The van der Waals surface area contributed by atoms with Crippen LogP contribution in [0.3, 0.4) is 0 Å². The fourth-order valence-corrected chi connectivity index (χ4v) is 2.10. The summed E-state index contributed by atoms with van der Waals surface area (Å²) in [6.07, 6.45) is 4.22. The van der Waals surface area contributed by atoms with Crippen LogP contribution in [0.25, 0.3) is 11.0 Å². The topological polar surface area (TPSA) is 25.2 Å². The molecule has 0 amide bonds. The number of rotatable bonds is 3. The predicted molar refractivity (Wildman–Crippen MR) is 63.7 cm³/mol. The van der Waals surface area contributed by atoms with Crippen molar-refractivity contribution in [1.29, 1.82) is 0 Å². The Bertz CT molecular complexity index is 533. The van der Waals surface area contributed by atoms with E-state index in [1.807, 2.05) is 0 Å². The van der Waals surface area contributed by atoms with Crippen LogP contribution < -0.4 is 5.32 Å². The van der Waals surface area contributed by atoms with Crippen molar-refractivity contribution in [3.8, 4) is 0 Å². The first kappa shape index (κ1) is 10.3. The normalized spacial score (nSPS) is 15.9. The van der Waals surface area contributed by atoms with Gasteiger partial charge in [-0.25, -0.2) is 4.39 Å². The summed E-state index contributed by atoms with van der Waals surface area (Å²) in [5, 5.41) is 4.39. The lowest BCUT2D eigenvalue weighted by Gasteiger charge is -2.00. The summed E-state index contributed by atoms with van der Waals surface area (Å²) in [4.78, 5) is 0. The fraction of sp³-hybridized carbons (Fsp3) is 0.333. The molecule has 0 atom stereocenters. The first-order valence-corrected chi connectivity index (χ1v) is 6.12. The van der Waals surface area contributed by atoms with Gasteiger partial charge in [0.05, 0.1) is 10.7 Å². The van der Waals surface area contributed by atoms with E-state index in [4.69, 9.17) is 4.42 Å². The molecule has 4 heteroatoms. The number of halogens is 2. The monoisotopic (exact) mass is 283 g/mol. The van der Waals surface area contributed by atoms with Gasteiger partial charge in [-0.1, -0.05) is 0 Å². The van der Waals surface area contributed by atoms with Crippen LogP contribution in [0.1, 0.15) is 18.4 Å². The Balaban J connectivity index is 1.94. The zero-order valence-corrected chi connectivity index (χ0v) is 10.2. The van der Waals surface area contributed by atoms with Gasteiger partial charge in [0.25, 0.3) is 0 Å². The molecule has 0 bridgehead atoms. The van der Waals surface area contributed by atoms with Crippen LogP contribution in [0.15, 0.2) is 27.3 Å². The molecule has 1 fully saturated rings. The zero-order chi connectivity index (χ0) is 11.1. The standard InChI is InChI=1S/C12H11BrFNO/c13-10-3-9-7(5-15-8-1-2-8)6-16-12(9)4-11(10)14/h3-4,6,8,15H,1-2,5H2. The highest BCUT2D eigenvalue weighted by Gasteiger charge is 2.20. The van der Waals surface area contributed by atoms with Crippen molar-refractivity contribution in [3.05, 3.63) is 34.2 Å². The highest BCUT2D eigenvalue weighted by atomic mass is 79.9. The molecule has 3 rings (SSSR count). The van der Waals surface area contributed by atoms with Crippen LogP contribution in [0.4, 0.5) is 4.39 Å². The Hall–Kier alpha value is -0.870. The number of benzene rings is 1. The third kappa shape index (κ3) is 1.87. The third-order valence-electron chi connectivity index (χ3n) is 2.86. The third-order valence-corrected chi connectivity index (χ3v) is 3.46. The minimum Gasteiger partial charge on any atom is -0.464 e. The number of furan rings is 1. The molecule has 16 heavy (non-hydrogen) atoms. The fourth-order valence-electron chi connectivity index (χ4n) is 1.75. The first-order chi connectivity index (χ1) is 7.74. The minimum absolute atomic E-state index is 0.288. The van der Waals surface area contributed by atoms with Gasteiger partial charge in [-0.3, -0.25) is 0 Å². The molecular formula is C12H11BrFNO. The van der Waals surface area contributed by atoms with E-state index in [0.29, 0.717) is 16.1 Å². The van der Waals surface area contributed by atoms with Crippen LogP contribution in [-0.4, -0.2) is 6.04 Å². The van der Waals surface area contributed by atoms with E-state index in [9.17, 15) is 4.39 Å². The largest absolute Gasteiger partial charge is 0.464 e. The van der Waals surface area contributed by atoms with Crippen molar-refractivity contribution >= 4 is 26.9 Å². The van der Waals surface area contributed by atoms with Gasteiger partial charge in [-0.2, -0.15) is 0 Å². The van der Waals surface area contributed by atoms with Gasteiger partial charge in [-0.05, 0) is 34.8 Å². The maximum absolute atomic E-state index is 13.3. The lowest BCUT2D eigenvalue weighted by molar-refractivity contribution is 0.589. The number of fused-ring (bicyclic) bond motifs is 1.